The molecule has 0 radical (unpaired) electrons. The van der Waals surface area contributed by atoms with E-state index in [2.05, 4.69) is 38.0 Å². The maximum absolute atomic E-state index is 5.70. The van der Waals surface area contributed by atoms with Crippen LogP contribution in [0, 0.1) is 5.41 Å². The number of nitrogens with zero attached hydrogens (tertiary/aromatic N) is 1. The number of likely N-dealkylation sites (N-methyl/N-ethyl adjacent to an activating group) is 1. The summed E-state index contributed by atoms with van der Waals surface area (Å²) in [5, 5.41) is 3.53. The molecular formula is C13H24N2OS. The predicted octanol–water partition coefficient (Wildman–Crippen LogP) is 2.72. The Morgan fingerprint density at radius 1 is 1.47 bits per heavy atom. The number of thiazole rings is 1. The normalized spacial score (nSPS) is 15.8. The molecule has 1 aromatic heterocycles. The Labute approximate surface area is 109 Å². The van der Waals surface area contributed by atoms with Crippen molar-refractivity contribution < 1.29 is 4.74 Å². The van der Waals surface area contributed by atoms with Gasteiger partial charge < -0.3 is 10.1 Å². The third-order valence-electron chi connectivity index (χ3n) is 2.84. The van der Waals surface area contributed by atoms with E-state index in [0.717, 1.165) is 13.0 Å². The lowest BCUT2D eigenvalue weighted by molar-refractivity contribution is -0.0104. The van der Waals surface area contributed by atoms with Gasteiger partial charge in [-0.15, -0.1) is 11.3 Å². The van der Waals surface area contributed by atoms with Crippen molar-refractivity contribution in [3.8, 4) is 0 Å². The molecule has 0 spiro atoms. The van der Waals surface area contributed by atoms with E-state index in [1.807, 2.05) is 11.7 Å². The van der Waals surface area contributed by atoms with Crippen molar-refractivity contribution in [3.05, 3.63) is 16.6 Å². The van der Waals surface area contributed by atoms with E-state index in [1.54, 1.807) is 18.4 Å². The van der Waals surface area contributed by atoms with Crippen LogP contribution in [0.5, 0.6) is 0 Å². The monoisotopic (exact) mass is 256 g/mol. The van der Waals surface area contributed by atoms with Crippen LogP contribution in [0.4, 0.5) is 0 Å². The highest BCUT2D eigenvalue weighted by molar-refractivity contribution is 7.09. The van der Waals surface area contributed by atoms with Gasteiger partial charge in [0.25, 0.3) is 0 Å². The van der Waals surface area contributed by atoms with Crippen molar-refractivity contribution in [2.24, 2.45) is 5.41 Å². The van der Waals surface area contributed by atoms with Crippen molar-refractivity contribution in [1.29, 1.82) is 0 Å². The Kier molecular flexibility index (Phi) is 5.56. The molecule has 4 heteroatoms. The summed E-state index contributed by atoms with van der Waals surface area (Å²) in [5.41, 5.74) is 2.02. The van der Waals surface area contributed by atoms with Crippen LogP contribution in [-0.4, -0.2) is 30.8 Å². The summed E-state index contributed by atoms with van der Waals surface area (Å²) in [6.45, 7) is 9.75. The first-order chi connectivity index (χ1) is 7.99. The second kappa shape index (κ2) is 6.47. The zero-order chi connectivity index (χ0) is 12.9. The summed E-state index contributed by atoms with van der Waals surface area (Å²) in [5.74, 6) is 0. The molecule has 1 aromatic rings. The standard InChI is InChI=1S/C13H24N2OS/c1-6-15-11(7-10-8-14-9-17-10)12(16-5)13(2,3)4/h8-9,11-12,15H,6-7H2,1-5H3. The second-order valence-electron chi connectivity index (χ2n) is 5.36. The first kappa shape index (κ1) is 14.6. The van der Waals surface area contributed by atoms with Crippen LogP contribution in [0.2, 0.25) is 0 Å². The van der Waals surface area contributed by atoms with E-state index in [-0.39, 0.29) is 11.5 Å². The zero-order valence-electron chi connectivity index (χ0n) is 11.5. The topological polar surface area (TPSA) is 34.2 Å². The summed E-state index contributed by atoms with van der Waals surface area (Å²) in [6.07, 6.45) is 3.13. The van der Waals surface area contributed by atoms with E-state index >= 15 is 0 Å². The van der Waals surface area contributed by atoms with Gasteiger partial charge in [0, 0.05) is 30.6 Å². The molecule has 17 heavy (non-hydrogen) atoms. The van der Waals surface area contributed by atoms with E-state index < -0.39 is 0 Å². The van der Waals surface area contributed by atoms with E-state index in [1.165, 1.54) is 4.88 Å². The summed E-state index contributed by atoms with van der Waals surface area (Å²) in [4.78, 5) is 5.44. The largest absolute Gasteiger partial charge is 0.379 e. The molecule has 0 fully saturated rings. The number of hydrogen-bond donors (Lipinski definition) is 1. The van der Waals surface area contributed by atoms with Crippen molar-refractivity contribution in [2.75, 3.05) is 13.7 Å². The van der Waals surface area contributed by atoms with Crippen LogP contribution >= 0.6 is 11.3 Å². The Hall–Kier alpha value is -0.450. The van der Waals surface area contributed by atoms with Gasteiger partial charge in [-0.1, -0.05) is 27.7 Å². The lowest BCUT2D eigenvalue weighted by Gasteiger charge is -2.36. The van der Waals surface area contributed by atoms with E-state index in [0.29, 0.717) is 6.04 Å². The van der Waals surface area contributed by atoms with Gasteiger partial charge in [-0.25, -0.2) is 0 Å². The Morgan fingerprint density at radius 2 is 2.18 bits per heavy atom. The molecule has 0 aliphatic heterocycles. The average molecular weight is 256 g/mol. The Morgan fingerprint density at radius 3 is 2.59 bits per heavy atom. The van der Waals surface area contributed by atoms with Crippen molar-refractivity contribution >= 4 is 11.3 Å². The molecule has 1 rings (SSSR count). The quantitative estimate of drug-likeness (QED) is 0.850. The molecule has 0 aliphatic rings. The van der Waals surface area contributed by atoms with Gasteiger partial charge in [-0.2, -0.15) is 0 Å². The highest BCUT2D eigenvalue weighted by atomic mass is 32.1. The van der Waals surface area contributed by atoms with Crippen molar-refractivity contribution in [3.63, 3.8) is 0 Å². The van der Waals surface area contributed by atoms with Gasteiger partial charge in [0.15, 0.2) is 0 Å². The molecule has 2 atom stereocenters. The molecule has 0 bridgehead atoms. The number of nitrogens with one attached hydrogen (secondary N) is 1. The summed E-state index contributed by atoms with van der Waals surface area (Å²) < 4.78 is 5.70. The van der Waals surface area contributed by atoms with Crippen molar-refractivity contribution in [2.45, 2.75) is 46.3 Å². The van der Waals surface area contributed by atoms with Crippen LogP contribution in [0.3, 0.4) is 0 Å². The zero-order valence-corrected chi connectivity index (χ0v) is 12.3. The lowest BCUT2D eigenvalue weighted by atomic mass is 9.83. The number of methoxy groups -OCH3 is 1. The third kappa shape index (κ3) is 4.37. The van der Waals surface area contributed by atoms with Crippen LogP contribution in [0.1, 0.15) is 32.6 Å². The summed E-state index contributed by atoms with van der Waals surface area (Å²) in [7, 11) is 1.80. The smallest absolute Gasteiger partial charge is 0.0794 e. The number of hydrogen-bond acceptors (Lipinski definition) is 4. The summed E-state index contributed by atoms with van der Waals surface area (Å²) in [6, 6.07) is 0.338. The van der Waals surface area contributed by atoms with Gasteiger partial charge in [0.05, 0.1) is 11.6 Å². The number of rotatable bonds is 6. The average Bonchev–Trinajstić information content (AvgIpc) is 2.69. The number of ether oxygens (including phenoxy) is 1. The molecule has 1 heterocycles. The maximum atomic E-state index is 5.70. The van der Waals surface area contributed by atoms with Crippen molar-refractivity contribution in [1.82, 2.24) is 10.3 Å². The maximum Gasteiger partial charge on any atom is 0.0794 e. The van der Waals surface area contributed by atoms with Crippen LogP contribution in [0.15, 0.2) is 11.7 Å². The van der Waals surface area contributed by atoms with Gasteiger partial charge in [-0.3, -0.25) is 4.98 Å². The lowest BCUT2D eigenvalue weighted by Crippen LogP contribution is -2.48. The molecule has 3 nitrogen and oxygen atoms in total. The second-order valence-corrected chi connectivity index (χ2v) is 6.33. The highest BCUT2D eigenvalue weighted by Crippen LogP contribution is 2.26. The van der Waals surface area contributed by atoms with E-state index in [9.17, 15) is 0 Å². The fraction of sp³-hybridized carbons (Fsp3) is 0.769. The molecule has 2 unspecified atom stereocenters. The molecule has 0 aromatic carbocycles. The van der Waals surface area contributed by atoms with Crippen LogP contribution in [0.25, 0.3) is 0 Å². The molecule has 0 saturated heterocycles. The number of aromatic nitrogens is 1. The highest BCUT2D eigenvalue weighted by Gasteiger charge is 2.32. The molecular weight excluding hydrogens is 232 g/mol. The van der Waals surface area contributed by atoms with Gasteiger partial charge in [-0.05, 0) is 12.0 Å². The van der Waals surface area contributed by atoms with Gasteiger partial charge >= 0.3 is 0 Å². The van der Waals surface area contributed by atoms with Crippen LogP contribution < -0.4 is 5.32 Å². The van der Waals surface area contributed by atoms with Gasteiger partial charge in [0.1, 0.15) is 0 Å². The minimum atomic E-state index is 0.131. The third-order valence-corrected chi connectivity index (χ3v) is 3.65. The summed E-state index contributed by atoms with van der Waals surface area (Å²) >= 11 is 1.71. The van der Waals surface area contributed by atoms with E-state index in [4.69, 9.17) is 4.74 Å². The van der Waals surface area contributed by atoms with Gasteiger partial charge in [0.2, 0.25) is 0 Å². The molecule has 1 N–H and O–H groups in total. The molecule has 0 amide bonds. The molecule has 0 saturated carbocycles. The Balaban J connectivity index is 2.76. The predicted molar refractivity (Wildman–Crippen MR) is 73.5 cm³/mol. The minimum Gasteiger partial charge on any atom is -0.379 e. The van der Waals surface area contributed by atoms with Crippen LogP contribution in [-0.2, 0) is 11.2 Å². The fourth-order valence-corrected chi connectivity index (χ4v) is 2.88. The Bertz CT molecular complexity index is 306. The molecule has 98 valence electrons. The minimum absolute atomic E-state index is 0.131. The first-order valence-electron chi connectivity index (χ1n) is 6.12. The fourth-order valence-electron chi connectivity index (χ4n) is 2.23. The first-order valence-corrected chi connectivity index (χ1v) is 7.00. The molecule has 0 aliphatic carbocycles. The SMILES string of the molecule is CCNC(Cc1cncs1)C(OC)C(C)(C)C.